The van der Waals surface area contributed by atoms with Crippen molar-refractivity contribution in [3.8, 4) is 0 Å². The van der Waals surface area contributed by atoms with E-state index in [-0.39, 0.29) is 0 Å². The van der Waals surface area contributed by atoms with E-state index >= 15 is 0 Å². The van der Waals surface area contributed by atoms with Crippen LogP contribution in [-0.4, -0.2) is 12.8 Å². The summed E-state index contributed by atoms with van der Waals surface area (Å²) in [6.45, 7) is 6.08. The van der Waals surface area contributed by atoms with E-state index in [9.17, 15) is 0 Å². The first kappa shape index (κ1) is 8.21. The molecule has 0 fully saturated rings. The molecule has 0 aromatic rings. The van der Waals surface area contributed by atoms with Crippen molar-refractivity contribution in [3.63, 3.8) is 0 Å². The normalized spacial score (nSPS) is 9.89. The van der Waals surface area contributed by atoms with Gasteiger partial charge in [-0.1, -0.05) is 31.2 Å². The van der Waals surface area contributed by atoms with E-state index in [0.717, 1.165) is 12.8 Å². The van der Waals surface area contributed by atoms with Crippen LogP contribution in [0.25, 0.3) is 0 Å². The third-order valence-corrected chi connectivity index (χ3v) is 0.759. The first-order valence-electron chi connectivity index (χ1n) is 3.16. The van der Waals surface area contributed by atoms with E-state index in [2.05, 4.69) is 18.7 Å². The fourth-order valence-corrected chi connectivity index (χ4v) is 0.330. The molecule has 0 heterocycles. The van der Waals surface area contributed by atoms with Crippen molar-refractivity contribution in [1.29, 1.82) is 0 Å². The molecule has 0 N–H and O–H groups in total. The van der Waals surface area contributed by atoms with Gasteiger partial charge in [-0.3, -0.25) is 0 Å². The van der Waals surface area contributed by atoms with Crippen LogP contribution >= 0.6 is 0 Å². The van der Waals surface area contributed by atoms with Crippen LogP contribution in [0.3, 0.4) is 0 Å². The van der Waals surface area contributed by atoms with Gasteiger partial charge in [0.15, 0.2) is 0 Å². The van der Waals surface area contributed by atoms with Crippen molar-refractivity contribution in [1.82, 2.24) is 0 Å². The molecule has 0 aliphatic rings. The predicted octanol–water partition coefficient (Wildman–Crippen LogP) is 1.97. The van der Waals surface area contributed by atoms with Gasteiger partial charge in [0, 0.05) is 6.21 Å². The van der Waals surface area contributed by atoms with Crippen molar-refractivity contribution in [2.24, 2.45) is 5.16 Å². The molecular formula is C7H13NO. The Labute approximate surface area is 56.2 Å². The first-order valence-corrected chi connectivity index (χ1v) is 3.16. The van der Waals surface area contributed by atoms with Crippen LogP contribution in [0.4, 0.5) is 0 Å². The fraction of sp³-hybridized carbons (Fsp3) is 0.571. The second-order valence-electron chi connectivity index (χ2n) is 1.66. The molecule has 2 nitrogen and oxygen atoms in total. The molecule has 0 spiro atoms. The van der Waals surface area contributed by atoms with Gasteiger partial charge in [0.05, 0.1) is 0 Å². The molecule has 0 radical (unpaired) electrons. The maximum Gasteiger partial charge on any atom is 0.135 e. The standard InChI is InChI=1S/C7H13NO/c1-3-5-6-8-9-7-4-2/h4,6H,2-3,5,7H2,1H3/b8-6-. The zero-order valence-electron chi connectivity index (χ0n) is 5.84. The highest BCUT2D eigenvalue weighted by Crippen LogP contribution is 1.81. The molecule has 0 aromatic heterocycles. The minimum absolute atomic E-state index is 0.500. The number of nitrogens with zero attached hydrogens (tertiary/aromatic N) is 1. The van der Waals surface area contributed by atoms with Crippen molar-refractivity contribution in [3.05, 3.63) is 12.7 Å². The van der Waals surface area contributed by atoms with Gasteiger partial charge in [0.1, 0.15) is 6.61 Å². The smallest absolute Gasteiger partial charge is 0.135 e. The average Bonchev–Trinajstić information content (AvgIpc) is 1.89. The summed E-state index contributed by atoms with van der Waals surface area (Å²) in [5, 5.41) is 3.65. The predicted molar refractivity (Wildman–Crippen MR) is 39.5 cm³/mol. The Bertz CT molecular complexity index is 88.9. The number of hydrogen-bond donors (Lipinski definition) is 0. The topological polar surface area (TPSA) is 21.6 Å². The van der Waals surface area contributed by atoms with E-state index in [4.69, 9.17) is 4.84 Å². The Morgan fingerprint density at radius 3 is 3.00 bits per heavy atom. The summed E-state index contributed by atoms with van der Waals surface area (Å²) >= 11 is 0. The van der Waals surface area contributed by atoms with E-state index in [1.54, 1.807) is 12.3 Å². The first-order chi connectivity index (χ1) is 4.41. The van der Waals surface area contributed by atoms with Gasteiger partial charge in [-0.05, 0) is 6.42 Å². The lowest BCUT2D eigenvalue weighted by Gasteiger charge is -1.89. The van der Waals surface area contributed by atoms with Crippen molar-refractivity contribution >= 4 is 6.21 Å². The summed E-state index contributed by atoms with van der Waals surface area (Å²) in [5.74, 6) is 0. The van der Waals surface area contributed by atoms with Crippen LogP contribution in [0.15, 0.2) is 17.8 Å². The largest absolute Gasteiger partial charge is 0.392 e. The highest BCUT2D eigenvalue weighted by molar-refractivity contribution is 5.55. The van der Waals surface area contributed by atoms with Gasteiger partial charge < -0.3 is 4.84 Å². The Hall–Kier alpha value is -0.790. The third-order valence-electron chi connectivity index (χ3n) is 0.759. The average molecular weight is 127 g/mol. The van der Waals surface area contributed by atoms with E-state index in [1.165, 1.54) is 0 Å². The van der Waals surface area contributed by atoms with Crippen molar-refractivity contribution in [2.45, 2.75) is 19.8 Å². The Morgan fingerprint density at radius 2 is 2.44 bits per heavy atom. The molecule has 2 heteroatoms. The van der Waals surface area contributed by atoms with Crippen LogP contribution in [0.1, 0.15) is 19.8 Å². The Kier molecular flexibility index (Phi) is 6.58. The highest BCUT2D eigenvalue weighted by Gasteiger charge is 1.73. The van der Waals surface area contributed by atoms with Gasteiger partial charge in [-0.25, -0.2) is 0 Å². The van der Waals surface area contributed by atoms with Gasteiger partial charge in [0.25, 0.3) is 0 Å². The molecular weight excluding hydrogens is 114 g/mol. The minimum Gasteiger partial charge on any atom is -0.392 e. The summed E-state index contributed by atoms with van der Waals surface area (Å²) in [4.78, 5) is 4.74. The molecule has 0 saturated carbocycles. The molecule has 0 amide bonds. The summed E-state index contributed by atoms with van der Waals surface area (Å²) < 4.78 is 0. The number of hydrogen-bond acceptors (Lipinski definition) is 2. The monoisotopic (exact) mass is 127 g/mol. The second-order valence-corrected chi connectivity index (χ2v) is 1.66. The molecule has 0 atom stereocenters. The van der Waals surface area contributed by atoms with Crippen molar-refractivity contribution < 1.29 is 4.84 Å². The lowest BCUT2D eigenvalue weighted by atomic mass is 10.4. The second kappa shape index (κ2) is 7.21. The SMILES string of the molecule is C=CCO/N=C\CCC. The molecule has 0 unspecified atom stereocenters. The maximum atomic E-state index is 4.74. The van der Waals surface area contributed by atoms with Crippen LogP contribution in [-0.2, 0) is 4.84 Å². The number of rotatable bonds is 5. The lowest BCUT2D eigenvalue weighted by molar-refractivity contribution is 0.176. The summed E-state index contributed by atoms with van der Waals surface area (Å²) in [5.41, 5.74) is 0. The van der Waals surface area contributed by atoms with E-state index in [0.29, 0.717) is 6.61 Å². The zero-order valence-corrected chi connectivity index (χ0v) is 5.84. The van der Waals surface area contributed by atoms with Crippen LogP contribution in [0.5, 0.6) is 0 Å². The van der Waals surface area contributed by atoms with Gasteiger partial charge >= 0.3 is 0 Å². The Balaban J connectivity index is 2.94. The molecule has 0 aliphatic carbocycles. The van der Waals surface area contributed by atoms with Crippen LogP contribution in [0.2, 0.25) is 0 Å². The quantitative estimate of drug-likeness (QED) is 0.239. The fourth-order valence-electron chi connectivity index (χ4n) is 0.330. The van der Waals surface area contributed by atoms with Crippen molar-refractivity contribution in [2.75, 3.05) is 6.61 Å². The van der Waals surface area contributed by atoms with Crippen LogP contribution < -0.4 is 0 Å². The van der Waals surface area contributed by atoms with Gasteiger partial charge in [-0.15, -0.1) is 0 Å². The summed E-state index contributed by atoms with van der Waals surface area (Å²) in [7, 11) is 0. The van der Waals surface area contributed by atoms with Gasteiger partial charge in [0.2, 0.25) is 0 Å². The Morgan fingerprint density at radius 1 is 1.67 bits per heavy atom. The van der Waals surface area contributed by atoms with E-state index < -0.39 is 0 Å². The molecule has 9 heavy (non-hydrogen) atoms. The molecule has 0 aliphatic heterocycles. The summed E-state index contributed by atoms with van der Waals surface area (Å²) in [6.07, 6.45) is 5.53. The number of oxime groups is 1. The van der Waals surface area contributed by atoms with Crippen LogP contribution in [0, 0.1) is 0 Å². The minimum atomic E-state index is 0.500. The number of unbranched alkanes of at least 4 members (excludes halogenated alkanes) is 1. The zero-order chi connectivity index (χ0) is 6.95. The molecule has 0 saturated heterocycles. The van der Waals surface area contributed by atoms with E-state index in [1.807, 2.05) is 0 Å². The molecule has 0 rings (SSSR count). The third kappa shape index (κ3) is 7.21. The molecule has 0 aromatic carbocycles. The lowest BCUT2D eigenvalue weighted by Crippen LogP contribution is -1.81. The molecule has 0 bridgehead atoms. The highest BCUT2D eigenvalue weighted by atomic mass is 16.6. The molecule has 52 valence electrons. The summed E-state index contributed by atoms with van der Waals surface area (Å²) in [6, 6.07) is 0. The van der Waals surface area contributed by atoms with Gasteiger partial charge in [-0.2, -0.15) is 0 Å². The maximum absolute atomic E-state index is 4.74.